The first-order valence-corrected chi connectivity index (χ1v) is 5.41. The normalized spacial score (nSPS) is 11.2. The van der Waals surface area contributed by atoms with E-state index in [4.69, 9.17) is 5.73 Å². The summed E-state index contributed by atoms with van der Waals surface area (Å²) in [6.07, 6.45) is 0. The second-order valence-electron chi connectivity index (χ2n) is 3.98. The Bertz CT molecular complexity index is 820. The molecule has 18 heavy (non-hydrogen) atoms. The lowest BCUT2D eigenvalue weighted by Crippen LogP contribution is -2.10. The van der Waals surface area contributed by atoms with Gasteiger partial charge in [-0.25, -0.2) is 4.79 Å². The van der Waals surface area contributed by atoms with Crippen LogP contribution in [0.2, 0.25) is 0 Å². The molecule has 0 amide bonds. The summed E-state index contributed by atoms with van der Waals surface area (Å²) in [4.78, 5) is 28.0. The van der Waals surface area contributed by atoms with Crippen molar-refractivity contribution in [3.63, 3.8) is 0 Å². The van der Waals surface area contributed by atoms with Crippen LogP contribution in [-0.2, 0) is 6.54 Å². The van der Waals surface area contributed by atoms with Crippen molar-refractivity contribution in [3.05, 3.63) is 44.6 Å². The molecule has 0 saturated heterocycles. The van der Waals surface area contributed by atoms with Gasteiger partial charge in [0, 0.05) is 12.1 Å². The Hall–Kier alpha value is -2.54. The number of imidazole rings is 1. The van der Waals surface area contributed by atoms with E-state index in [0.717, 1.165) is 11.1 Å². The fourth-order valence-corrected chi connectivity index (χ4v) is 2.01. The third-order valence-electron chi connectivity index (χ3n) is 2.89. The van der Waals surface area contributed by atoms with Gasteiger partial charge in [0.05, 0.1) is 22.3 Å². The molecule has 7 nitrogen and oxygen atoms in total. The number of fused-ring (bicyclic) bond motifs is 1. The molecule has 2 aromatic heterocycles. The van der Waals surface area contributed by atoms with Gasteiger partial charge in [0.2, 0.25) is 0 Å². The van der Waals surface area contributed by atoms with E-state index >= 15 is 0 Å². The van der Waals surface area contributed by atoms with Gasteiger partial charge in [-0.2, -0.15) is 0 Å². The van der Waals surface area contributed by atoms with Gasteiger partial charge in [-0.1, -0.05) is 6.07 Å². The summed E-state index contributed by atoms with van der Waals surface area (Å²) >= 11 is 0. The third-order valence-corrected chi connectivity index (χ3v) is 2.89. The second kappa shape index (κ2) is 3.74. The predicted molar refractivity (Wildman–Crippen MR) is 67.2 cm³/mol. The molecule has 0 fully saturated rings. The van der Waals surface area contributed by atoms with Crippen molar-refractivity contribution in [2.24, 2.45) is 5.73 Å². The lowest BCUT2D eigenvalue weighted by atomic mass is 10.1. The van der Waals surface area contributed by atoms with E-state index in [0.29, 0.717) is 16.8 Å². The Morgan fingerprint density at radius 3 is 2.61 bits per heavy atom. The molecule has 1 aromatic carbocycles. The summed E-state index contributed by atoms with van der Waals surface area (Å²) in [7, 11) is 0. The molecule has 0 bridgehead atoms. The van der Waals surface area contributed by atoms with E-state index in [9.17, 15) is 9.59 Å². The molecule has 92 valence electrons. The summed E-state index contributed by atoms with van der Waals surface area (Å²) in [6.45, 7) is 0.149. The molecule has 0 radical (unpaired) electrons. The van der Waals surface area contributed by atoms with Crippen LogP contribution in [0.15, 0.2) is 27.8 Å². The van der Waals surface area contributed by atoms with Crippen molar-refractivity contribution >= 4 is 11.0 Å². The van der Waals surface area contributed by atoms with Gasteiger partial charge in [0.1, 0.15) is 0 Å². The minimum absolute atomic E-state index is 0.149. The van der Waals surface area contributed by atoms with Crippen LogP contribution in [0.1, 0.15) is 5.56 Å². The smallest absolute Gasteiger partial charge is 0.323 e. The van der Waals surface area contributed by atoms with Crippen LogP contribution in [-0.4, -0.2) is 20.2 Å². The molecule has 0 spiro atoms. The maximum atomic E-state index is 11.5. The van der Waals surface area contributed by atoms with Crippen LogP contribution in [0.25, 0.3) is 22.3 Å². The average Bonchev–Trinajstić information content (AvgIpc) is 2.89. The summed E-state index contributed by atoms with van der Waals surface area (Å²) in [5, 5.41) is 5.29. The zero-order valence-electron chi connectivity index (χ0n) is 9.33. The fourth-order valence-electron chi connectivity index (χ4n) is 2.01. The average molecular weight is 245 g/mol. The van der Waals surface area contributed by atoms with E-state index in [2.05, 4.69) is 20.2 Å². The predicted octanol–water partition coefficient (Wildman–Crippen LogP) is -0.00170. The van der Waals surface area contributed by atoms with Gasteiger partial charge in [-0.3, -0.25) is 15.0 Å². The highest BCUT2D eigenvalue weighted by Gasteiger charge is 2.11. The topological polar surface area (TPSA) is 123 Å². The van der Waals surface area contributed by atoms with Crippen LogP contribution >= 0.6 is 0 Å². The Kier molecular flexibility index (Phi) is 2.20. The zero-order chi connectivity index (χ0) is 12.7. The number of hydrogen-bond acceptors (Lipinski definition) is 3. The maximum absolute atomic E-state index is 11.5. The minimum atomic E-state index is -0.260. The van der Waals surface area contributed by atoms with Crippen LogP contribution in [0.4, 0.5) is 0 Å². The second-order valence-corrected chi connectivity index (χ2v) is 3.98. The highest BCUT2D eigenvalue weighted by Crippen LogP contribution is 2.21. The van der Waals surface area contributed by atoms with E-state index < -0.39 is 0 Å². The molecule has 2 heterocycles. The van der Waals surface area contributed by atoms with E-state index in [1.807, 2.05) is 6.07 Å². The highest BCUT2D eigenvalue weighted by atomic mass is 16.1. The van der Waals surface area contributed by atoms with Crippen molar-refractivity contribution < 1.29 is 0 Å². The summed E-state index contributed by atoms with van der Waals surface area (Å²) in [5.74, 6) is 0. The van der Waals surface area contributed by atoms with Crippen LogP contribution in [0.5, 0.6) is 0 Å². The van der Waals surface area contributed by atoms with Gasteiger partial charge < -0.3 is 15.7 Å². The molecule has 0 aliphatic heterocycles. The first kappa shape index (κ1) is 10.6. The number of H-pyrrole nitrogens is 4. The Morgan fingerprint density at radius 1 is 1.06 bits per heavy atom. The van der Waals surface area contributed by atoms with Gasteiger partial charge in [-0.05, 0) is 12.1 Å². The van der Waals surface area contributed by atoms with Gasteiger partial charge in [0.15, 0.2) is 0 Å². The number of aromatic amines is 4. The largest absolute Gasteiger partial charge is 0.326 e. The fraction of sp³-hybridized carbons (Fsp3) is 0.0909. The summed E-state index contributed by atoms with van der Waals surface area (Å²) in [5.41, 5.74) is 8.39. The number of rotatable bonds is 2. The molecular weight excluding hydrogens is 234 g/mol. The van der Waals surface area contributed by atoms with E-state index in [1.165, 1.54) is 0 Å². The highest BCUT2D eigenvalue weighted by molar-refractivity contribution is 5.81. The number of nitrogens with two attached hydrogens (primary N) is 1. The van der Waals surface area contributed by atoms with Crippen molar-refractivity contribution in [2.75, 3.05) is 0 Å². The molecule has 0 atom stereocenters. The standard InChI is InChI=1S/C11H11N5O2/c12-4-6-9(15-16-10(6)17)5-1-2-7-8(3-5)14-11(18)13-7/h1-3H,4,12H2,(H2,13,14,18)(H2,15,16,17). The summed E-state index contributed by atoms with van der Waals surface area (Å²) < 4.78 is 0. The van der Waals surface area contributed by atoms with Gasteiger partial charge in [-0.15, -0.1) is 0 Å². The van der Waals surface area contributed by atoms with Crippen LogP contribution < -0.4 is 17.0 Å². The minimum Gasteiger partial charge on any atom is -0.326 e. The monoisotopic (exact) mass is 245 g/mol. The SMILES string of the molecule is NCc1c(-c2ccc3[nH]c(=O)[nH]c3c2)[nH][nH]c1=O. The van der Waals surface area contributed by atoms with Crippen molar-refractivity contribution in [1.29, 1.82) is 0 Å². The van der Waals surface area contributed by atoms with Gasteiger partial charge in [0.25, 0.3) is 5.56 Å². The number of aromatic nitrogens is 4. The zero-order valence-corrected chi connectivity index (χ0v) is 9.33. The van der Waals surface area contributed by atoms with Crippen LogP contribution in [0.3, 0.4) is 0 Å². The third kappa shape index (κ3) is 1.49. The molecule has 0 unspecified atom stereocenters. The lowest BCUT2D eigenvalue weighted by Gasteiger charge is -2.00. The number of benzene rings is 1. The summed E-state index contributed by atoms with van der Waals surface area (Å²) in [6, 6.07) is 5.37. The van der Waals surface area contributed by atoms with Crippen molar-refractivity contribution in [1.82, 2.24) is 20.2 Å². The quantitative estimate of drug-likeness (QED) is 0.436. The first-order chi connectivity index (χ1) is 8.69. The molecule has 3 aromatic rings. The van der Waals surface area contributed by atoms with Crippen molar-refractivity contribution in [2.45, 2.75) is 6.54 Å². The number of hydrogen-bond donors (Lipinski definition) is 5. The Morgan fingerprint density at radius 2 is 1.83 bits per heavy atom. The maximum Gasteiger partial charge on any atom is 0.323 e. The molecule has 0 saturated carbocycles. The van der Waals surface area contributed by atoms with Crippen molar-refractivity contribution in [3.8, 4) is 11.3 Å². The molecule has 0 aliphatic rings. The van der Waals surface area contributed by atoms with Gasteiger partial charge >= 0.3 is 5.69 Å². The van der Waals surface area contributed by atoms with E-state index in [-0.39, 0.29) is 17.8 Å². The molecule has 7 heteroatoms. The Balaban J connectivity index is 2.24. The molecule has 6 N–H and O–H groups in total. The molecule has 3 rings (SSSR count). The van der Waals surface area contributed by atoms with E-state index in [1.54, 1.807) is 12.1 Å². The van der Waals surface area contributed by atoms with Crippen LogP contribution in [0, 0.1) is 0 Å². The molecule has 0 aliphatic carbocycles. The first-order valence-electron chi connectivity index (χ1n) is 5.41. The lowest BCUT2D eigenvalue weighted by molar-refractivity contribution is 1.04. The molecular formula is C11H11N5O2. The Labute approximate surface area is 100 Å². The number of nitrogens with one attached hydrogen (secondary N) is 4.